The Morgan fingerprint density at radius 2 is 1.96 bits per heavy atom. The van der Waals surface area contributed by atoms with Gasteiger partial charge in [-0.05, 0) is 36.3 Å². The monoisotopic (exact) mass is 326 g/mol. The fraction of sp³-hybridized carbons (Fsp3) is 0.188. The Hall–Kier alpha value is -2.44. The second kappa shape index (κ2) is 5.64. The molecule has 7 heteroatoms. The van der Waals surface area contributed by atoms with Gasteiger partial charge in [0.15, 0.2) is 0 Å². The van der Waals surface area contributed by atoms with E-state index in [4.69, 9.17) is 11.6 Å². The summed E-state index contributed by atoms with van der Waals surface area (Å²) in [7, 11) is 2.05. The van der Waals surface area contributed by atoms with E-state index in [9.17, 15) is 0 Å². The first-order valence-corrected chi connectivity index (χ1v) is 7.67. The molecule has 0 saturated heterocycles. The smallest absolute Gasteiger partial charge is 0.224 e. The number of aromatic amines is 1. The number of hydrogen-bond donors (Lipinski definition) is 2. The van der Waals surface area contributed by atoms with Gasteiger partial charge in [-0.3, -0.25) is 10.00 Å². The van der Waals surface area contributed by atoms with Crippen LogP contribution < -0.4 is 5.32 Å². The summed E-state index contributed by atoms with van der Waals surface area (Å²) in [5.41, 5.74) is 5.23. The molecule has 0 bridgehead atoms. The summed E-state index contributed by atoms with van der Waals surface area (Å²) < 4.78 is 0. The lowest BCUT2D eigenvalue weighted by Crippen LogP contribution is -2.08. The summed E-state index contributed by atoms with van der Waals surface area (Å²) >= 11 is 6.04. The Bertz CT molecular complexity index is 829. The van der Waals surface area contributed by atoms with Crippen LogP contribution in [0.4, 0.5) is 11.5 Å². The molecule has 2 N–H and O–H groups in total. The third kappa shape index (κ3) is 2.78. The topological polar surface area (TPSA) is 69.7 Å². The highest BCUT2D eigenvalue weighted by molar-refractivity contribution is 6.28. The number of anilines is 2. The molecule has 1 aliphatic rings. The molecule has 3 heterocycles. The molecular formula is C16H15ClN6. The Balaban J connectivity index is 1.62. The minimum Gasteiger partial charge on any atom is -0.340 e. The second-order valence-corrected chi connectivity index (χ2v) is 5.97. The van der Waals surface area contributed by atoms with E-state index in [0.717, 1.165) is 47.0 Å². The van der Waals surface area contributed by atoms with Gasteiger partial charge in [-0.2, -0.15) is 5.10 Å². The van der Waals surface area contributed by atoms with Crippen LogP contribution in [-0.4, -0.2) is 32.1 Å². The van der Waals surface area contributed by atoms with Crippen LogP contribution in [-0.2, 0) is 13.1 Å². The number of benzene rings is 1. The van der Waals surface area contributed by atoms with Crippen molar-refractivity contribution in [3.05, 3.63) is 53.2 Å². The van der Waals surface area contributed by atoms with Crippen LogP contribution in [0.2, 0.25) is 5.28 Å². The van der Waals surface area contributed by atoms with E-state index in [1.807, 2.05) is 30.5 Å². The lowest BCUT2D eigenvalue weighted by molar-refractivity contribution is 0.351. The van der Waals surface area contributed by atoms with Crippen molar-refractivity contribution in [1.82, 2.24) is 25.1 Å². The third-order valence-corrected chi connectivity index (χ3v) is 4.06. The van der Waals surface area contributed by atoms with Crippen LogP contribution in [0.3, 0.4) is 0 Å². The van der Waals surface area contributed by atoms with Crippen LogP contribution in [0.1, 0.15) is 11.3 Å². The first kappa shape index (κ1) is 14.2. The van der Waals surface area contributed by atoms with Gasteiger partial charge >= 0.3 is 0 Å². The van der Waals surface area contributed by atoms with Crippen LogP contribution in [0.15, 0.2) is 36.7 Å². The number of fused-ring (bicyclic) bond motifs is 1. The van der Waals surface area contributed by atoms with Crippen molar-refractivity contribution in [2.75, 3.05) is 12.4 Å². The second-order valence-electron chi connectivity index (χ2n) is 5.63. The molecule has 2 aromatic heterocycles. The van der Waals surface area contributed by atoms with Gasteiger partial charge in [0.2, 0.25) is 5.28 Å². The van der Waals surface area contributed by atoms with Gasteiger partial charge in [0.25, 0.3) is 0 Å². The van der Waals surface area contributed by atoms with E-state index < -0.39 is 0 Å². The van der Waals surface area contributed by atoms with Crippen LogP contribution in [0.5, 0.6) is 0 Å². The molecule has 0 amide bonds. The third-order valence-electron chi connectivity index (χ3n) is 3.89. The van der Waals surface area contributed by atoms with Crippen LogP contribution in [0.25, 0.3) is 11.1 Å². The van der Waals surface area contributed by atoms with Gasteiger partial charge in [-0.25, -0.2) is 9.97 Å². The minimum atomic E-state index is 0.275. The fourth-order valence-electron chi connectivity index (χ4n) is 2.77. The highest BCUT2D eigenvalue weighted by Gasteiger charge is 2.22. The lowest BCUT2D eigenvalue weighted by atomic mass is 10.1. The minimum absolute atomic E-state index is 0.275. The van der Waals surface area contributed by atoms with Crippen molar-refractivity contribution < 1.29 is 0 Å². The predicted molar refractivity (Wildman–Crippen MR) is 89.5 cm³/mol. The van der Waals surface area contributed by atoms with Crippen LogP contribution >= 0.6 is 11.6 Å². The van der Waals surface area contributed by atoms with E-state index >= 15 is 0 Å². The Morgan fingerprint density at radius 3 is 2.70 bits per heavy atom. The number of rotatable bonds is 3. The summed E-state index contributed by atoms with van der Waals surface area (Å²) in [6, 6.07) is 8.12. The van der Waals surface area contributed by atoms with Gasteiger partial charge in [0.1, 0.15) is 5.82 Å². The molecule has 116 valence electrons. The first-order chi connectivity index (χ1) is 11.2. The molecule has 0 unspecified atom stereocenters. The number of H-pyrrole nitrogens is 1. The number of hydrogen-bond acceptors (Lipinski definition) is 5. The van der Waals surface area contributed by atoms with E-state index in [2.05, 4.69) is 37.4 Å². The molecule has 1 aliphatic heterocycles. The summed E-state index contributed by atoms with van der Waals surface area (Å²) in [5.74, 6) is 0.778. The SMILES string of the molecule is CN1Cc2nc(Cl)nc(Nc3ccc(-c4cn[nH]c4)cc3)c2C1. The maximum Gasteiger partial charge on any atom is 0.224 e. The van der Waals surface area contributed by atoms with Gasteiger partial charge in [0, 0.05) is 36.1 Å². The molecule has 0 radical (unpaired) electrons. The van der Waals surface area contributed by atoms with Crippen molar-refractivity contribution >= 4 is 23.1 Å². The molecule has 4 rings (SSSR count). The molecule has 23 heavy (non-hydrogen) atoms. The number of halogens is 1. The van der Waals surface area contributed by atoms with Crippen molar-refractivity contribution in [3.8, 4) is 11.1 Å². The average molecular weight is 327 g/mol. The molecule has 6 nitrogen and oxygen atoms in total. The fourth-order valence-corrected chi connectivity index (χ4v) is 2.96. The molecule has 3 aromatic rings. The number of nitrogens with zero attached hydrogens (tertiary/aromatic N) is 4. The summed E-state index contributed by atoms with van der Waals surface area (Å²) in [6.07, 6.45) is 3.67. The quantitative estimate of drug-likeness (QED) is 0.723. The number of nitrogens with one attached hydrogen (secondary N) is 2. The van der Waals surface area contributed by atoms with Crippen molar-refractivity contribution in [2.45, 2.75) is 13.1 Å². The van der Waals surface area contributed by atoms with Gasteiger partial charge in [0.05, 0.1) is 11.9 Å². The van der Waals surface area contributed by atoms with E-state index in [-0.39, 0.29) is 5.28 Å². The predicted octanol–water partition coefficient (Wildman–Crippen LogP) is 3.21. The van der Waals surface area contributed by atoms with Crippen molar-refractivity contribution in [1.29, 1.82) is 0 Å². The van der Waals surface area contributed by atoms with Gasteiger partial charge in [-0.1, -0.05) is 12.1 Å². The Kier molecular flexibility index (Phi) is 3.48. The molecule has 0 spiro atoms. The highest BCUT2D eigenvalue weighted by atomic mass is 35.5. The largest absolute Gasteiger partial charge is 0.340 e. The number of aromatic nitrogens is 4. The average Bonchev–Trinajstić information content (AvgIpc) is 3.17. The molecule has 0 fully saturated rings. The maximum absolute atomic E-state index is 6.04. The zero-order chi connectivity index (χ0) is 15.8. The standard InChI is InChI=1S/C16H15ClN6/c1-23-8-13-14(9-23)21-16(17)22-15(13)20-12-4-2-10(3-5-12)11-6-18-19-7-11/h2-7H,8-9H2,1H3,(H,18,19)(H,20,21,22). The summed E-state index contributed by atoms with van der Waals surface area (Å²) in [6.45, 7) is 1.62. The van der Waals surface area contributed by atoms with E-state index in [0.29, 0.717) is 0 Å². The molecule has 0 aliphatic carbocycles. The van der Waals surface area contributed by atoms with E-state index in [1.165, 1.54) is 0 Å². The normalized spacial score (nSPS) is 14.0. The van der Waals surface area contributed by atoms with Gasteiger partial charge < -0.3 is 5.32 Å². The Morgan fingerprint density at radius 1 is 1.13 bits per heavy atom. The van der Waals surface area contributed by atoms with Crippen LogP contribution in [0, 0.1) is 0 Å². The molecule has 0 saturated carbocycles. The first-order valence-electron chi connectivity index (χ1n) is 7.29. The lowest BCUT2D eigenvalue weighted by Gasteiger charge is -2.10. The Labute approximate surface area is 138 Å². The molecule has 1 aromatic carbocycles. The van der Waals surface area contributed by atoms with Crippen molar-refractivity contribution in [2.24, 2.45) is 0 Å². The molecular weight excluding hydrogens is 312 g/mol. The van der Waals surface area contributed by atoms with E-state index in [1.54, 1.807) is 6.20 Å². The highest BCUT2D eigenvalue weighted by Crippen LogP contribution is 2.29. The zero-order valence-electron chi connectivity index (χ0n) is 12.5. The maximum atomic E-state index is 6.04. The van der Waals surface area contributed by atoms with Gasteiger partial charge in [-0.15, -0.1) is 0 Å². The summed E-state index contributed by atoms with van der Waals surface area (Å²) in [4.78, 5) is 10.8. The van der Waals surface area contributed by atoms with Crippen molar-refractivity contribution in [3.63, 3.8) is 0 Å². The zero-order valence-corrected chi connectivity index (χ0v) is 13.3. The summed E-state index contributed by atoms with van der Waals surface area (Å²) in [5, 5.41) is 10.4. The molecule has 0 atom stereocenters.